The molecular weight excluding hydrogens is 403 g/mol. The van der Waals surface area contributed by atoms with Gasteiger partial charge in [0.15, 0.2) is 5.78 Å². The third kappa shape index (κ3) is 4.67. The van der Waals surface area contributed by atoms with Gasteiger partial charge in [-0.2, -0.15) is 0 Å². The molecule has 0 spiro atoms. The minimum atomic E-state index is -0.128. The fraction of sp³-hybridized carbons (Fsp3) is 0.0556. The van der Waals surface area contributed by atoms with Gasteiger partial charge in [-0.25, -0.2) is 0 Å². The summed E-state index contributed by atoms with van der Waals surface area (Å²) in [5.74, 6) is 1.50. The van der Waals surface area contributed by atoms with Gasteiger partial charge in [0.25, 0.3) is 0 Å². The van der Waals surface area contributed by atoms with E-state index in [1.165, 1.54) is 17.4 Å². The SMILES string of the molecule is O=C(/C=C/c1ccc(COc2cccc(Cl)c2Cl)o1)c1ccc(Cl)s1. The first-order valence-corrected chi connectivity index (χ1v) is 9.11. The Balaban J connectivity index is 1.61. The number of ether oxygens (including phenoxy) is 1. The maximum Gasteiger partial charge on any atom is 0.195 e. The molecule has 0 saturated heterocycles. The third-order valence-corrected chi connectivity index (χ3v) is 5.23. The van der Waals surface area contributed by atoms with Crippen LogP contribution in [-0.4, -0.2) is 5.78 Å². The van der Waals surface area contributed by atoms with Gasteiger partial charge in [0, 0.05) is 0 Å². The lowest BCUT2D eigenvalue weighted by Crippen LogP contribution is -1.94. The van der Waals surface area contributed by atoms with E-state index >= 15 is 0 Å². The molecule has 0 bridgehead atoms. The van der Waals surface area contributed by atoms with Crippen LogP contribution in [0.2, 0.25) is 14.4 Å². The lowest BCUT2D eigenvalue weighted by atomic mass is 10.3. The molecular formula is C18H11Cl3O3S. The second-order valence-corrected chi connectivity index (χ2v) is 7.45. The summed E-state index contributed by atoms with van der Waals surface area (Å²) >= 11 is 19.1. The van der Waals surface area contributed by atoms with Crippen molar-refractivity contribution in [2.45, 2.75) is 6.61 Å². The Morgan fingerprint density at radius 1 is 1.12 bits per heavy atom. The number of rotatable bonds is 6. The number of thiophene rings is 1. The van der Waals surface area contributed by atoms with Crippen molar-refractivity contribution in [3.8, 4) is 5.75 Å². The molecule has 0 fully saturated rings. The van der Waals surface area contributed by atoms with E-state index < -0.39 is 0 Å². The molecule has 0 aliphatic carbocycles. The van der Waals surface area contributed by atoms with E-state index in [1.807, 2.05) is 0 Å². The molecule has 0 saturated carbocycles. The standard InChI is InChI=1S/C18H11Cl3O3S/c19-13-2-1-3-15(18(13)21)23-10-12-5-4-11(24-12)6-7-14(22)16-8-9-17(20)25-16/h1-9H,10H2/b7-6+. The highest BCUT2D eigenvalue weighted by atomic mass is 35.5. The Morgan fingerprint density at radius 3 is 2.72 bits per heavy atom. The quantitative estimate of drug-likeness (QED) is 0.330. The number of benzene rings is 1. The van der Waals surface area contributed by atoms with E-state index in [0.29, 0.717) is 36.5 Å². The third-order valence-electron chi connectivity index (χ3n) is 3.18. The fourth-order valence-corrected chi connectivity index (χ4v) is 3.30. The lowest BCUT2D eigenvalue weighted by molar-refractivity contribution is 0.105. The Labute approximate surface area is 163 Å². The zero-order valence-electron chi connectivity index (χ0n) is 12.7. The zero-order chi connectivity index (χ0) is 17.8. The van der Waals surface area contributed by atoms with Crippen LogP contribution in [0, 0.1) is 0 Å². The van der Waals surface area contributed by atoms with Crippen LogP contribution in [0.1, 0.15) is 21.2 Å². The maximum absolute atomic E-state index is 12.0. The average molecular weight is 414 g/mol. The molecule has 1 aromatic carbocycles. The Kier molecular flexibility index (Phi) is 5.86. The minimum Gasteiger partial charge on any atom is -0.484 e. The first-order chi connectivity index (χ1) is 12.0. The van der Waals surface area contributed by atoms with Crippen LogP contribution in [0.5, 0.6) is 5.75 Å². The van der Waals surface area contributed by atoms with E-state index in [-0.39, 0.29) is 12.4 Å². The van der Waals surface area contributed by atoms with E-state index in [1.54, 1.807) is 48.5 Å². The van der Waals surface area contributed by atoms with Gasteiger partial charge in [-0.15, -0.1) is 11.3 Å². The molecule has 0 N–H and O–H groups in total. The Hall–Kier alpha value is -1.72. The molecule has 0 aliphatic heterocycles. The van der Waals surface area contributed by atoms with Crippen LogP contribution < -0.4 is 4.74 Å². The Morgan fingerprint density at radius 2 is 1.96 bits per heavy atom. The van der Waals surface area contributed by atoms with Gasteiger partial charge in [0.2, 0.25) is 0 Å². The van der Waals surface area contributed by atoms with Crippen molar-refractivity contribution in [3.63, 3.8) is 0 Å². The molecule has 7 heteroatoms. The molecule has 3 aromatic rings. The lowest BCUT2D eigenvalue weighted by Gasteiger charge is -2.06. The van der Waals surface area contributed by atoms with Crippen LogP contribution in [0.15, 0.2) is 53.0 Å². The van der Waals surface area contributed by atoms with Crippen LogP contribution in [0.4, 0.5) is 0 Å². The van der Waals surface area contributed by atoms with Gasteiger partial charge in [-0.3, -0.25) is 4.79 Å². The minimum absolute atomic E-state index is 0.128. The van der Waals surface area contributed by atoms with Crippen molar-refractivity contribution in [3.05, 3.63) is 79.3 Å². The average Bonchev–Trinajstić information content (AvgIpc) is 3.23. The van der Waals surface area contributed by atoms with Gasteiger partial charge in [0.05, 0.1) is 14.2 Å². The second-order valence-electron chi connectivity index (χ2n) is 4.95. The highest BCUT2D eigenvalue weighted by molar-refractivity contribution is 7.18. The summed E-state index contributed by atoms with van der Waals surface area (Å²) in [6.45, 7) is 0.197. The van der Waals surface area contributed by atoms with Crippen LogP contribution in [-0.2, 0) is 6.61 Å². The summed E-state index contributed by atoms with van der Waals surface area (Å²) in [6, 6.07) is 12.1. The van der Waals surface area contributed by atoms with Crippen LogP contribution in [0.3, 0.4) is 0 Å². The number of furan rings is 1. The van der Waals surface area contributed by atoms with Gasteiger partial charge in [-0.1, -0.05) is 40.9 Å². The number of carbonyl (C=O) groups excluding carboxylic acids is 1. The molecule has 0 radical (unpaired) electrons. The number of ketones is 1. The van der Waals surface area contributed by atoms with E-state index in [4.69, 9.17) is 44.0 Å². The van der Waals surface area contributed by atoms with Gasteiger partial charge < -0.3 is 9.15 Å². The summed E-state index contributed by atoms with van der Waals surface area (Å²) < 4.78 is 11.8. The molecule has 3 nitrogen and oxygen atoms in total. The predicted octanol–water partition coefficient (Wildman–Crippen LogP) is 6.78. The molecule has 0 aliphatic rings. The predicted molar refractivity (Wildman–Crippen MR) is 102 cm³/mol. The van der Waals surface area contributed by atoms with E-state index in [0.717, 1.165) is 0 Å². The molecule has 2 heterocycles. The summed E-state index contributed by atoms with van der Waals surface area (Å²) in [5.41, 5.74) is 0. The Bertz CT molecular complexity index is 927. The molecule has 25 heavy (non-hydrogen) atoms. The zero-order valence-corrected chi connectivity index (χ0v) is 15.8. The number of hydrogen-bond donors (Lipinski definition) is 0. The topological polar surface area (TPSA) is 39.4 Å². The summed E-state index contributed by atoms with van der Waals surface area (Å²) in [5, 5.41) is 0.783. The molecule has 0 amide bonds. The fourth-order valence-electron chi connectivity index (χ4n) is 1.99. The second kappa shape index (κ2) is 8.11. The van der Waals surface area contributed by atoms with Crippen LogP contribution >= 0.6 is 46.1 Å². The molecule has 128 valence electrons. The number of carbonyl (C=O) groups is 1. The van der Waals surface area contributed by atoms with Gasteiger partial charge >= 0.3 is 0 Å². The highest BCUT2D eigenvalue weighted by Gasteiger charge is 2.08. The van der Waals surface area contributed by atoms with E-state index in [9.17, 15) is 4.79 Å². The maximum atomic E-state index is 12.0. The van der Waals surface area contributed by atoms with Gasteiger partial charge in [-0.05, 0) is 48.6 Å². The first kappa shape index (κ1) is 18.1. The number of halogens is 3. The number of allylic oxidation sites excluding steroid dienone is 1. The summed E-state index contributed by atoms with van der Waals surface area (Å²) in [4.78, 5) is 12.6. The highest BCUT2D eigenvalue weighted by Crippen LogP contribution is 2.32. The van der Waals surface area contributed by atoms with Crippen molar-refractivity contribution < 1.29 is 13.9 Å². The normalized spacial score (nSPS) is 11.2. The smallest absolute Gasteiger partial charge is 0.195 e. The first-order valence-electron chi connectivity index (χ1n) is 7.16. The van der Waals surface area contributed by atoms with Gasteiger partial charge in [0.1, 0.15) is 28.9 Å². The molecule has 0 unspecified atom stereocenters. The van der Waals surface area contributed by atoms with Crippen molar-refractivity contribution in [2.75, 3.05) is 0 Å². The summed E-state index contributed by atoms with van der Waals surface area (Å²) in [7, 11) is 0. The van der Waals surface area contributed by atoms with E-state index in [2.05, 4.69) is 0 Å². The van der Waals surface area contributed by atoms with Crippen molar-refractivity contribution >= 4 is 58.0 Å². The molecule has 3 rings (SSSR count). The molecule has 0 atom stereocenters. The monoisotopic (exact) mass is 412 g/mol. The van der Waals surface area contributed by atoms with Crippen LogP contribution in [0.25, 0.3) is 6.08 Å². The van der Waals surface area contributed by atoms with Crippen molar-refractivity contribution in [2.24, 2.45) is 0 Å². The molecule has 2 aromatic heterocycles. The number of hydrogen-bond acceptors (Lipinski definition) is 4. The van der Waals surface area contributed by atoms with Crippen molar-refractivity contribution in [1.82, 2.24) is 0 Å². The van der Waals surface area contributed by atoms with Crippen molar-refractivity contribution in [1.29, 1.82) is 0 Å². The largest absolute Gasteiger partial charge is 0.484 e. The summed E-state index contributed by atoms with van der Waals surface area (Å²) in [6.07, 6.45) is 3.05.